The van der Waals surface area contributed by atoms with E-state index in [4.69, 9.17) is 37.0 Å². The quantitative estimate of drug-likeness (QED) is 0.380. The van der Waals surface area contributed by atoms with Gasteiger partial charge in [0.2, 0.25) is 0 Å². The molecule has 0 amide bonds. The van der Waals surface area contributed by atoms with E-state index in [1.54, 1.807) is 0 Å². The van der Waals surface area contributed by atoms with E-state index in [0.717, 1.165) is 0 Å². The summed E-state index contributed by atoms with van der Waals surface area (Å²) in [6.07, 6.45) is 0. The highest BCUT2D eigenvalue weighted by atomic mass is 28.4. The lowest BCUT2D eigenvalue weighted by molar-refractivity contribution is 0.346. The molecule has 0 bridgehead atoms. The normalized spacial score (nSPS) is 24.0. The third kappa shape index (κ3) is 12.6. The van der Waals surface area contributed by atoms with Crippen LogP contribution in [0.3, 0.4) is 0 Å². The third-order valence-electron chi connectivity index (χ3n) is 0.750. The minimum atomic E-state index is 0.0108. The van der Waals surface area contributed by atoms with Gasteiger partial charge in [-0.15, -0.1) is 0 Å². The van der Waals surface area contributed by atoms with Gasteiger partial charge < -0.3 is 37.0 Å². The number of hydrogen-bond acceptors (Lipinski definition) is 9. The van der Waals surface area contributed by atoms with Gasteiger partial charge in [-0.1, -0.05) is 0 Å². The molecule has 90 valence electrons. The molecular formula is O9Si9. The van der Waals surface area contributed by atoms with Crippen LogP contribution in [-0.2, 0) is 37.0 Å². The lowest BCUT2D eigenvalue weighted by Crippen LogP contribution is -2.23. The van der Waals surface area contributed by atoms with Crippen LogP contribution in [-0.4, -0.2) is 90.1 Å². The van der Waals surface area contributed by atoms with Crippen LogP contribution in [0.15, 0.2) is 0 Å². The Morgan fingerprint density at radius 1 is 0.222 bits per heavy atom. The zero-order chi connectivity index (χ0) is 12.7. The van der Waals surface area contributed by atoms with Crippen LogP contribution >= 0.6 is 0 Å². The summed E-state index contributed by atoms with van der Waals surface area (Å²) < 4.78 is 43.7. The fourth-order valence-corrected chi connectivity index (χ4v) is 6.44. The molecule has 2 rings (SSSR count). The zero-order valence-corrected chi connectivity index (χ0v) is 17.2. The lowest BCUT2D eigenvalue weighted by atomic mass is 15.7. The second kappa shape index (κ2) is 15.0. The highest BCUT2D eigenvalue weighted by Gasteiger charge is 2.06. The van der Waals surface area contributed by atoms with Crippen LogP contribution < -0.4 is 0 Å². The highest BCUT2D eigenvalue weighted by Crippen LogP contribution is 1.80. The van der Waals surface area contributed by atoms with Crippen LogP contribution in [0.5, 0.6) is 0 Å². The molecule has 0 atom stereocenters. The van der Waals surface area contributed by atoms with E-state index in [2.05, 4.69) is 0 Å². The Morgan fingerprint density at radius 2 is 0.333 bits per heavy atom. The Hall–Kier alpha value is 1.59. The summed E-state index contributed by atoms with van der Waals surface area (Å²) in [5, 5.41) is 0. The van der Waals surface area contributed by atoms with E-state index in [0.29, 0.717) is 0 Å². The predicted molar refractivity (Wildman–Crippen MR) is 61.6 cm³/mol. The molecule has 2 saturated heterocycles. The molecule has 18 heteroatoms. The van der Waals surface area contributed by atoms with Crippen molar-refractivity contribution in [2.75, 3.05) is 0 Å². The first-order valence-electron chi connectivity index (χ1n) is 3.67. The summed E-state index contributed by atoms with van der Waals surface area (Å²) in [7, 11) is 0.332. The Balaban J connectivity index is 0.000000184. The molecule has 0 unspecified atom stereocenters. The fraction of sp³-hybridized carbons (Fsp3) is 0. The molecule has 9 nitrogen and oxygen atoms in total. The number of rotatable bonds is 0. The molecule has 0 aromatic heterocycles. The average Bonchev–Trinajstić information content (AvgIpc) is 2.36. The summed E-state index contributed by atoms with van der Waals surface area (Å²) in [5.74, 6) is 0. The first-order valence-corrected chi connectivity index (χ1v) is 11.0. The van der Waals surface area contributed by atoms with Gasteiger partial charge in [-0.25, -0.2) is 0 Å². The van der Waals surface area contributed by atoms with Gasteiger partial charge in [0.25, 0.3) is 0 Å². The Morgan fingerprint density at radius 3 is 0.444 bits per heavy atom. The monoisotopic (exact) mass is 396 g/mol. The molecule has 0 aromatic carbocycles. The van der Waals surface area contributed by atoms with Crippen molar-refractivity contribution in [3.63, 3.8) is 0 Å². The second-order valence-electron chi connectivity index (χ2n) is 1.67. The largest absolute Gasteiger partial charge is 0.412 e. The summed E-state index contributed by atoms with van der Waals surface area (Å²) in [6, 6.07) is 0. The van der Waals surface area contributed by atoms with Crippen molar-refractivity contribution in [2.45, 2.75) is 0 Å². The second-order valence-corrected chi connectivity index (χ2v) is 10.5. The van der Waals surface area contributed by atoms with Crippen molar-refractivity contribution in [3.05, 3.63) is 0 Å². The molecular weight excluding hydrogens is 397 g/mol. The van der Waals surface area contributed by atoms with Crippen LogP contribution in [0.25, 0.3) is 0 Å². The van der Waals surface area contributed by atoms with Gasteiger partial charge in [0.15, 0.2) is 0 Å². The smallest absolute Gasteiger partial charge is 0.412 e. The van der Waals surface area contributed by atoms with Crippen LogP contribution in [0.1, 0.15) is 0 Å². The molecule has 0 N–H and O–H groups in total. The fourth-order valence-electron chi connectivity index (χ4n) is 0.341. The summed E-state index contributed by atoms with van der Waals surface area (Å²) in [5.41, 5.74) is 0. The van der Waals surface area contributed by atoms with E-state index >= 15 is 0 Å². The van der Waals surface area contributed by atoms with Crippen molar-refractivity contribution in [1.82, 2.24) is 0 Å². The molecule has 0 aromatic rings. The van der Waals surface area contributed by atoms with Crippen LogP contribution in [0, 0.1) is 0 Å². The minimum absolute atomic E-state index is 0.0108. The summed E-state index contributed by atoms with van der Waals surface area (Å²) in [4.78, 5) is 0. The topological polar surface area (TPSA) is 83.1 Å². The third-order valence-corrected chi connectivity index (χ3v) is 6.75. The average molecular weight is 397 g/mol. The summed E-state index contributed by atoms with van der Waals surface area (Å²) >= 11 is 0. The molecule has 0 aliphatic carbocycles. The number of hydrogen-bond donors (Lipinski definition) is 0. The van der Waals surface area contributed by atoms with Crippen molar-refractivity contribution in [3.8, 4) is 0 Å². The van der Waals surface area contributed by atoms with Gasteiger partial charge in [0.1, 0.15) is 0 Å². The first kappa shape index (κ1) is 17.6. The maximum absolute atomic E-state index is 4.88. The molecule has 2 heterocycles. The van der Waals surface area contributed by atoms with Gasteiger partial charge in [-0.3, -0.25) is 0 Å². The Labute approximate surface area is 127 Å². The van der Waals surface area contributed by atoms with Crippen molar-refractivity contribution >= 4 is 90.1 Å². The molecule has 18 radical (unpaired) electrons. The van der Waals surface area contributed by atoms with E-state index in [-0.39, 0.29) is 90.1 Å². The molecule has 0 saturated carbocycles. The molecule has 18 heavy (non-hydrogen) atoms. The molecule has 2 aliphatic heterocycles. The van der Waals surface area contributed by atoms with Crippen molar-refractivity contribution < 1.29 is 37.0 Å². The Bertz CT molecular complexity index is 111. The Kier molecular flexibility index (Phi) is 14.7. The maximum Gasteiger partial charge on any atom is 0.412 e. The van der Waals surface area contributed by atoms with E-state index in [9.17, 15) is 0 Å². The molecule has 2 aliphatic rings. The van der Waals surface area contributed by atoms with Gasteiger partial charge in [-0.2, -0.15) is 0 Å². The van der Waals surface area contributed by atoms with Gasteiger partial charge in [0.05, 0.1) is 0 Å². The van der Waals surface area contributed by atoms with Gasteiger partial charge >= 0.3 is 90.1 Å². The minimum Gasteiger partial charge on any atom is -0.412 e. The van der Waals surface area contributed by atoms with Gasteiger partial charge in [-0.05, 0) is 0 Å². The molecule has 0 spiro atoms. The predicted octanol–water partition coefficient (Wildman–Crippen LogP) is -4.04. The highest BCUT2D eigenvalue weighted by molar-refractivity contribution is 6.51. The standard InChI is InChI=1S/O5Si5.O4Si4/c1-6-2-8-4-10-5-9-3-7-1;1-5-2-7-4-8-3-6-1. The van der Waals surface area contributed by atoms with E-state index < -0.39 is 0 Å². The van der Waals surface area contributed by atoms with E-state index in [1.807, 2.05) is 0 Å². The summed E-state index contributed by atoms with van der Waals surface area (Å²) in [6.45, 7) is 0. The van der Waals surface area contributed by atoms with Crippen LogP contribution in [0.4, 0.5) is 0 Å². The maximum atomic E-state index is 4.88. The van der Waals surface area contributed by atoms with Crippen LogP contribution in [0.2, 0.25) is 0 Å². The first-order chi connectivity index (χ1) is 9.00. The molecule has 2 fully saturated rings. The van der Waals surface area contributed by atoms with Crippen molar-refractivity contribution in [2.24, 2.45) is 0 Å². The zero-order valence-electron chi connectivity index (χ0n) is 8.17. The van der Waals surface area contributed by atoms with E-state index in [1.165, 1.54) is 0 Å². The van der Waals surface area contributed by atoms with Gasteiger partial charge in [0, 0.05) is 0 Å². The lowest BCUT2D eigenvalue weighted by Gasteiger charge is -2.04. The van der Waals surface area contributed by atoms with Crippen molar-refractivity contribution in [1.29, 1.82) is 0 Å². The SMILES string of the molecule is O1[Si]O[Si]O[Si]O[Si]1.O1[Si]O[Si]O[Si]O[Si]O[Si]1.